The van der Waals surface area contributed by atoms with E-state index in [4.69, 9.17) is 10.5 Å². The molecule has 0 bridgehead atoms. The molecule has 1 unspecified atom stereocenters. The van der Waals surface area contributed by atoms with E-state index in [2.05, 4.69) is 21.8 Å². The van der Waals surface area contributed by atoms with E-state index in [1.54, 1.807) is 0 Å². The molecule has 118 valence electrons. The van der Waals surface area contributed by atoms with Crippen molar-refractivity contribution in [3.05, 3.63) is 5.69 Å². The van der Waals surface area contributed by atoms with Crippen molar-refractivity contribution in [3.63, 3.8) is 0 Å². The Kier molecular flexibility index (Phi) is 4.35. The van der Waals surface area contributed by atoms with Crippen LogP contribution in [0.5, 0.6) is 0 Å². The minimum Gasteiger partial charge on any atom is -0.394 e. The van der Waals surface area contributed by atoms with Gasteiger partial charge in [0.05, 0.1) is 24.6 Å². The van der Waals surface area contributed by atoms with Gasteiger partial charge >= 0.3 is 0 Å². The van der Waals surface area contributed by atoms with E-state index in [0.29, 0.717) is 6.04 Å². The van der Waals surface area contributed by atoms with Crippen molar-refractivity contribution >= 4 is 11.5 Å². The monoisotopic (exact) mass is 293 g/mol. The third-order valence-electron chi connectivity index (χ3n) is 4.64. The van der Waals surface area contributed by atoms with Gasteiger partial charge in [-0.25, -0.2) is 0 Å². The summed E-state index contributed by atoms with van der Waals surface area (Å²) in [6, 6.07) is 0.623. The van der Waals surface area contributed by atoms with Crippen molar-refractivity contribution < 1.29 is 4.74 Å². The number of anilines is 2. The first-order valence-corrected chi connectivity index (χ1v) is 8.08. The fraction of sp³-hybridized carbons (Fsp3) is 0.800. The smallest absolute Gasteiger partial charge is 0.150 e. The summed E-state index contributed by atoms with van der Waals surface area (Å²) in [6.45, 7) is 8.13. The third kappa shape index (κ3) is 2.87. The SMILES string of the molecule is CCCc1nn(C)c(N2CCC(N3CCOCC3)C2)c1N. The van der Waals surface area contributed by atoms with E-state index < -0.39 is 0 Å². The van der Waals surface area contributed by atoms with Gasteiger partial charge in [-0.3, -0.25) is 9.58 Å². The number of ether oxygens (including phenoxy) is 1. The van der Waals surface area contributed by atoms with Crippen LogP contribution in [0, 0.1) is 0 Å². The molecule has 2 aliphatic rings. The molecule has 21 heavy (non-hydrogen) atoms. The second kappa shape index (κ2) is 6.23. The molecule has 0 amide bonds. The molecule has 1 atom stereocenters. The van der Waals surface area contributed by atoms with Crippen LogP contribution < -0.4 is 10.6 Å². The molecule has 2 fully saturated rings. The molecule has 2 N–H and O–H groups in total. The lowest BCUT2D eigenvalue weighted by Crippen LogP contribution is -2.44. The van der Waals surface area contributed by atoms with E-state index in [1.807, 2.05) is 11.7 Å². The van der Waals surface area contributed by atoms with Crippen LogP contribution in [-0.4, -0.2) is 60.1 Å². The van der Waals surface area contributed by atoms with E-state index in [0.717, 1.165) is 69.4 Å². The van der Waals surface area contributed by atoms with Crippen LogP contribution in [-0.2, 0) is 18.2 Å². The number of rotatable bonds is 4. The average molecular weight is 293 g/mol. The average Bonchev–Trinajstić information content (AvgIpc) is 3.06. The first-order valence-electron chi connectivity index (χ1n) is 8.08. The molecule has 3 rings (SSSR count). The second-order valence-electron chi connectivity index (χ2n) is 6.09. The van der Waals surface area contributed by atoms with Gasteiger partial charge in [-0.05, 0) is 12.8 Å². The van der Waals surface area contributed by atoms with Crippen LogP contribution >= 0.6 is 0 Å². The standard InChI is InChI=1S/C15H27N5O/c1-3-4-13-14(16)15(18(2)17-13)20-6-5-12(11-20)19-7-9-21-10-8-19/h12H,3-11,16H2,1-2H3. The molecule has 0 spiro atoms. The Hall–Kier alpha value is -1.27. The zero-order valence-corrected chi connectivity index (χ0v) is 13.2. The van der Waals surface area contributed by atoms with Crippen LogP contribution in [0.1, 0.15) is 25.5 Å². The topological polar surface area (TPSA) is 59.5 Å². The van der Waals surface area contributed by atoms with E-state index >= 15 is 0 Å². The molecule has 6 nitrogen and oxygen atoms in total. The van der Waals surface area contributed by atoms with Crippen molar-refractivity contribution in [2.24, 2.45) is 7.05 Å². The first-order chi connectivity index (χ1) is 10.2. The maximum absolute atomic E-state index is 6.34. The highest BCUT2D eigenvalue weighted by atomic mass is 16.5. The van der Waals surface area contributed by atoms with Gasteiger partial charge in [0.2, 0.25) is 0 Å². The Morgan fingerprint density at radius 1 is 1.29 bits per heavy atom. The molecule has 0 aliphatic carbocycles. The Balaban J connectivity index is 1.71. The van der Waals surface area contributed by atoms with Crippen LogP contribution in [0.4, 0.5) is 11.5 Å². The van der Waals surface area contributed by atoms with Gasteiger partial charge in [0.25, 0.3) is 0 Å². The summed E-state index contributed by atoms with van der Waals surface area (Å²) in [5.74, 6) is 1.11. The number of nitrogens with two attached hydrogens (primary N) is 1. The summed E-state index contributed by atoms with van der Waals surface area (Å²) in [5, 5.41) is 4.60. The number of hydrogen-bond donors (Lipinski definition) is 1. The first kappa shape index (κ1) is 14.7. The molecule has 2 aliphatic heterocycles. The molecular formula is C15H27N5O. The molecule has 0 radical (unpaired) electrons. The van der Waals surface area contributed by atoms with Crippen LogP contribution in [0.3, 0.4) is 0 Å². The van der Waals surface area contributed by atoms with Gasteiger partial charge in [-0.1, -0.05) is 13.3 Å². The maximum Gasteiger partial charge on any atom is 0.150 e. The maximum atomic E-state index is 6.34. The Labute approximate surface area is 126 Å². The highest BCUT2D eigenvalue weighted by molar-refractivity contribution is 5.67. The summed E-state index contributed by atoms with van der Waals surface area (Å²) < 4.78 is 7.41. The number of aromatic nitrogens is 2. The molecule has 0 aromatic carbocycles. The zero-order valence-electron chi connectivity index (χ0n) is 13.2. The highest BCUT2D eigenvalue weighted by Crippen LogP contribution is 2.31. The van der Waals surface area contributed by atoms with Gasteiger partial charge < -0.3 is 15.4 Å². The number of morpholine rings is 1. The zero-order chi connectivity index (χ0) is 14.8. The fourth-order valence-corrected chi connectivity index (χ4v) is 3.56. The summed E-state index contributed by atoms with van der Waals surface area (Å²) in [4.78, 5) is 4.96. The normalized spacial score (nSPS) is 23.9. The number of hydrogen-bond acceptors (Lipinski definition) is 5. The lowest BCUT2D eigenvalue weighted by Gasteiger charge is -2.32. The predicted molar refractivity (Wildman–Crippen MR) is 84.6 cm³/mol. The summed E-state index contributed by atoms with van der Waals surface area (Å²) in [6.07, 6.45) is 3.24. The number of nitrogens with zero attached hydrogens (tertiary/aromatic N) is 4. The molecule has 0 saturated carbocycles. The van der Waals surface area contributed by atoms with Crippen molar-refractivity contribution in [2.75, 3.05) is 50.0 Å². The molecule has 6 heteroatoms. The Morgan fingerprint density at radius 3 is 2.76 bits per heavy atom. The van der Waals surface area contributed by atoms with E-state index in [9.17, 15) is 0 Å². The lowest BCUT2D eigenvalue weighted by atomic mass is 10.2. The van der Waals surface area contributed by atoms with Crippen molar-refractivity contribution in [1.82, 2.24) is 14.7 Å². The van der Waals surface area contributed by atoms with E-state index in [-0.39, 0.29) is 0 Å². The summed E-state index contributed by atoms with van der Waals surface area (Å²) in [7, 11) is 2.01. The van der Waals surface area contributed by atoms with Crippen LogP contribution in [0.2, 0.25) is 0 Å². The van der Waals surface area contributed by atoms with Crippen molar-refractivity contribution in [3.8, 4) is 0 Å². The quantitative estimate of drug-likeness (QED) is 0.892. The Bertz CT molecular complexity index is 481. The van der Waals surface area contributed by atoms with Gasteiger partial charge in [0, 0.05) is 39.3 Å². The molecule has 3 heterocycles. The van der Waals surface area contributed by atoms with Crippen molar-refractivity contribution in [2.45, 2.75) is 32.2 Å². The minimum atomic E-state index is 0.623. The Morgan fingerprint density at radius 2 is 2.05 bits per heavy atom. The fourth-order valence-electron chi connectivity index (χ4n) is 3.56. The van der Waals surface area contributed by atoms with Crippen LogP contribution in [0.25, 0.3) is 0 Å². The van der Waals surface area contributed by atoms with Gasteiger partial charge in [-0.15, -0.1) is 0 Å². The number of aryl methyl sites for hydroxylation is 2. The third-order valence-corrected chi connectivity index (χ3v) is 4.64. The largest absolute Gasteiger partial charge is 0.394 e. The van der Waals surface area contributed by atoms with Gasteiger partial charge in [-0.2, -0.15) is 5.10 Å². The molecule has 1 aromatic heterocycles. The number of nitrogen functional groups attached to an aromatic ring is 1. The second-order valence-corrected chi connectivity index (χ2v) is 6.09. The minimum absolute atomic E-state index is 0.623. The predicted octanol–water partition coefficient (Wildman–Crippen LogP) is 0.866. The van der Waals surface area contributed by atoms with E-state index in [1.165, 1.54) is 6.42 Å². The summed E-state index contributed by atoms with van der Waals surface area (Å²) in [5.41, 5.74) is 8.26. The molecule has 2 saturated heterocycles. The lowest BCUT2D eigenvalue weighted by molar-refractivity contribution is 0.0209. The molecular weight excluding hydrogens is 266 g/mol. The van der Waals surface area contributed by atoms with Gasteiger partial charge in [0.15, 0.2) is 0 Å². The van der Waals surface area contributed by atoms with Crippen LogP contribution in [0.15, 0.2) is 0 Å². The van der Waals surface area contributed by atoms with Gasteiger partial charge in [0.1, 0.15) is 5.82 Å². The highest BCUT2D eigenvalue weighted by Gasteiger charge is 2.31. The molecule has 1 aromatic rings. The summed E-state index contributed by atoms with van der Waals surface area (Å²) >= 11 is 0. The van der Waals surface area contributed by atoms with Crippen molar-refractivity contribution in [1.29, 1.82) is 0 Å².